The number of nitrogens with one attached hydrogen (secondary N) is 1. The number of aliphatic hydroxyl groups is 1. The van der Waals surface area contributed by atoms with Gasteiger partial charge in [0.15, 0.2) is 0 Å². The van der Waals surface area contributed by atoms with E-state index in [0.717, 1.165) is 20.2 Å². The third-order valence-electron chi connectivity index (χ3n) is 0.500. The Hall–Kier alpha value is 0.460. The highest BCUT2D eigenvalue weighted by Crippen LogP contribution is 1.73. The summed E-state index contributed by atoms with van der Waals surface area (Å²) in [6.07, 6.45) is 0. The van der Waals surface area contributed by atoms with Crippen LogP contribution in [-0.2, 0) is 0 Å². The van der Waals surface area contributed by atoms with Crippen molar-refractivity contribution < 1.29 is 10.6 Å². The van der Waals surface area contributed by atoms with Crippen LogP contribution < -0.4 is 5.32 Å². The molecule has 0 amide bonds. The first kappa shape index (κ1) is 22.5. The molecule has 0 aromatic rings. The van der Waals surface area contributed by atoms with Crippen LogP contribution in [0.3, 0.4) is 0 Å². The van der Waals surface area contributed by atoms with E-state index in [1.54, 1.807) is 0 Å². The van der Waals surface area contributed by atoms with Gasteiger partial charge in [0, 0.05) is 7.11 Å². The zero-order valence-corrected chi connectivity index (χ0v) is 8.84. The molecule has 0 aromatic carbocycles. The summed E-state index contributed by atoms with van der Waals surface area (Å²) in [6.45, 7) is 6.39. The van der Waals surface area contributed by atoms with E-state index in [1.807, 2.05) is 0 Å². The molecule has 0 aliphatic rings. The fourth-order valence-electron chi connectivity index (χ4n) is 0.250. The maximum atomic E-state index is 7.00. The largest absolute Gasteiger partial charge is 0.412 e. The average molecular weight is 208 g/mol. The SMILES string of the molecule is CCNCC.CO.ClCCl.O. The number of halogens is 2. The Balaban J connectivity index is -0.0000000360. The zero-order chi connectivity index (χ0) is 8.83. The third kappa shape index (κ3) is 124. The minimum atomic E-state index is 0. The fourth-order valence-corrected chi connectivity index (χ4v) is 0.250. The van der Waals surface area contributed by atoms with Crippen molar-refractivity contribution in [3.8, 4) is 0 Å². The second kappa shape index (κ2) is 47.1. The van der Waals surface area contributed by atoms with E-state index in [9.17, 15) is 0 Å². The van der Waals surface area contributed by atoms with Crippen LogP contribution in [0.2, 0.25) is 0 Å². The first-order valence-electron chi connectivity index (χ1n) is 3.10. The van der Waals surface area contributed by atoms with Crippen LogP contribution >= 0.6 is 23.2 Å². The van der Waals surface area contributed by atoms with Gasteiger partial charge >= 0.3 is 0 Å². The van der Waals surface area contributed by atoms with Gasteiger partial charge in [0.2, 0.25) is 0 Å². The van der Waals surface area contributed by atoms with Gasteiger partial charge in [-0.15, -0.1) is 23.2 Å². The van der Waals surface area contributed by atoms with E-state index in [2.05, 4.69) is 19.2 Å². The lowest BCUT2D eigenvalue weighted by molar-refractivity contribution is 0.399. The fraction of sp³-hybridized carbons (Fsp3) is 1.00. The lowest BCUT2D eigenvalue weighted by Gasteiger charge is -1.86. The van der Waals surface area contributed by atoms with Crippen molar-refractivity contribution in [3.63, 3.8) is 0 Å². The monoisotopic (exact) mass is 207 g/mol. The van der Waals surface area contributed by atoms with Crippen LogP contribution in [0.5, 0.6) is 0 Å². The van der Waals surface area contributed by atoms with Crippen molar-refractivity contribution in [1.82, 2.24) is 5.32 Å². The van der Waals surface area contributed by atoms with Gasteiger partial charge in [-0.05, 0) is 13.1 Å². The zero-order valence-electron chi connectivity index (χ0n) is 7.32. The van der Waals surface area contributed by atoms with Crippen LogP contribution in [-0.4, -0.2) is 36.1 Å². The van der Waals surface area contributed by atoms with Crippen molar-refractivity contribution >= 4 is 23.2 Å². The standard InChI is InChI=1S/C4H11N.CH2Cl2.CH4O.H2O/c1-3-5-4-2;2-1-3;1-2;/h5H,3-4H2,1-2H3;1H2;2H,1H3;1H2. The van der Waals surface area contributed by atoms with Crippen LogP contribution in [0.25, 0.3) is 0 Å². The second-order valence-corrected chi connectivity index (χ2v) is 1.87. The van der Waals surface area contributed by atoms with Crippen LogP contribution in [0, 0.1) is 0 Å². The van der Waals surface area contributed by atoms with E-state index < -0.39 is 0 Å². The van der Waals surface area contributed by atoms with E-state index in [1.165, 1.54) is 0 Å². The smallest absolute Gasteiger partial charge is 0.0967 e. The Morgan fingerprint density at radius 2 is 1.27 bits per heavy atom. The molecule has 74 valence electrons. The topological polar surface area (TPSA) is 63.8 Å². The summed E-state index contributed by atoms with van der Waals surface area (Å²) in [5.74, 6) is 0. The number of rotatable bonds is 2. The van der Waals surface area contributed by atoms with Crippen LogP contribution in [0.4, 0.5) is 0 Å². The first-order valence-corrected chi connectivity index (χ1v) is 4.17. The van der Waals surface area contributed by atoms with Crippen LogP contribution in [0.1, 0.15) is 13.8 Å². The lowest BCUT2D eigenvalue weighted by atomic mass is 10.7. The van der Waals surface area contributed by atoms with Gasteiger partial charge in [-0.25, -0.2) is 0 Å². The minimum absolute atomic E-state index is 0. The summed E-state index contributed by atoms with van der Waals surface area (Å²) in [6, 6.07) is 0. The van der Waals surface area contributed by atoms with Gasteiger partial charge in [-0.3, -0.25) is 0 Å². The van der Waals surface area contributed by atoms with E-state index >= 15 is 0 Å². The van der Waals surface area contributed by atoms with E-state index in [0.29, 0.717) is 0 Å². The molecule has 0 unspecified atom stereocenters. The highest BCUT2D eigenvalue weighted by atomic mass is 35.5. The molecule has 0 radical (unpaired) electrons. The number of hydrogen-bond donors (Lipinski definition) is 2. The van der Waals surface area contributed by atoms with Gasteiger partial charge in [0.05, 0.1) is 5.34 Å². The lowest BCUT2D eigenvalue weighted by Crippen LogP contribution is -2.09. The molecule has 0 saturated heterocycles. The molecule has 0 spiro atoms. The highest BCUT2D eigenvalue weighted by molar-refractivity contribution is 6.40. The summed E-state index contributed by atoms with van der Waals surface area (Å²) in [7, 11) is 1.00. The Kier molecular flexibility index (Phi) is 96.4. The normalized spacial score (nSPS) is 6.00. The predicted octanol–water partition coefficient (Wildman–Crippen LogP) is 0.821. The molecule has 5 heteroatoms. The third-order valence-corrected chi connectivity index (χ3v) is 0.500. The Bertz CT molecular complexity index is 32.5. The molecule has 0 fully saturated rings. The van der Waals surface area contributed by atoms with E-state index in [-0.39, 0.29) is 10.8 Å². The van der Waals surface area contributed by atoms with Gasteiger partial charge in [0.1, 0.15) is 0 Å². The summed E-state index contributed by atoms with van der Waals surface area (Å²) >= 11 is 9.53. The second-order valence-electron chi connectivity index (χ2n) is 1.06. The summed E-state index contributed by atoms with van der Waals surface area (Å²) < 4.78 is 0. The molecule has 3 nitrogen and oxygen atoms in total. The van der Waals surface area contributed by atoms with Crippen LogP contribution in [0.15, 0.2) is 0 Å². The van der Waals surface area contributed by atoms with Crippen molar-refractivity contribution in [1.29, 1.82) is 0 Å². The quantitative estimate of drug-likeness (QED) is 0.660. The minimum Gasteiger partial charge on any atom is -0.412 e. The number of hydrogen-bond acceptors (Lipinski definition) is 2. The molecule has 0 atom stereocenters. The van der Waals surface area contributed by atoms with Gasteiger partial charge in [-0.1, -0.05) is 13.8 Å². The molecule has 0 aliphatic heterocycles. The summed E-state index contributed by atoms with van der Waals surface area (Å²) in [4.78, 5) is 0. The van der Waals surface area contributed by atoms with Crippen molar-refractivity contribution in [2.45, 2.75) is 13.8 Å². The number of aliphatic hydroxyl groups excluding tert-OH is 1. The molecular formula is C6H19Cl2NO2. The average Bonchev–Trinajstić information content (AvgIpc) is 1.96. The first-order chi connectivity index (χ1) is 4.83. The van der Waals surface area contributed by atoms with Gasteiger partial charge < -0.3 is 15.9 Å². The van der Waals surface area contributed by atoms with Gasteiger partial charge in [-0.2, -0.15) is 0 Å². The van der Waals surface area contributed by atoms with Crippen molar-refractivity contribution in [3.05, 3.63) is 0 Å². The Morgan fingerprint density at radius 3 is 1.27 bits per heavy atom. The molecule has 0 aliphatic carbocycles. The Labute approximate surface area is 79.0 Å². The number of alkyl halides is 2. The molecule has 4 N–H and O–H groups in total. The molecule has 0 aromatic heterocycles. The van der Waals surface area contributed by atoms with Crippen molar-refractivity contribution in [2.24, 2.45) is 0 Å². The summed E-state index contributed by atoms with van der Waals surface area (Å²) in [5.41, 5.74) is 0. The molecule has 0 heterocycles. The van der Waals surface area contributed by atoms with Crippen molar-refractivity contribution in [2.75, 3.05) is 25.5 Å². The maximum Gasteiger partial charge on any atom is 0.0967 e. The summed E-state index contributed by atoms with van der Waals surface area (Å²) in [5, 5.41) is 10.3. The molecular weight excluding hydrogens is 189 g/mol. The Morgan fingerprint density at radius 1 is 1.09 bits per heavy atom. The van der Waals surface area contributed by atoms with Gasteiger partial charge in [0.25, 0.3) is 0 Å². The van der Waals surface area contributed by atoms with E-state index in [4.69, 9.17) is 28.3 Å². The maximum absolute atomic E-state index is 7.00. The molecule has 0 saturated carbocycles. The highest BCUT2D eigenvalue weighted by Gasteiger charge is 1.62. The molecule has 0 bridgehead atoms. The molecule has 0 rings (SSSR count). The molecule has 11 heavy (non-hydrogen) atoms. The predicted molar refractivity (Wildman–Crippen MR) is 52.5 cm³/mol.